The molecule has 2 rings (SSSR count). The topological polar surface area (TPSA) is 66.4 Å². The number of rotatable bonds is 4. The van der Waals surface area contributed by atoms with Crippen LogP contribution in [-0.4, -0.2) is 17.0 Å². The average molecular weight is 316 g/mol. The zero-order valence-corrected chi connectivity index (χ0v) is 12.6. The first-order valence-corrected chi connectivity index (χ1v) is 6.92. The molecule has 2 aromatic carbocycles. The first-order valence-electron chi connectivity index (χ1n) is 6.55. The largest absolute Gasteiger partial charge is 0.478 e. The number of halogens is 1. The van der Waals surface area contributed by atoms with Crippen LogP contribution >= 0.6 is 11.6 Å². The van der Waals surface area contributed by atoms with Gasteiger partial charge in [-0.25, -0.2) is 4.79 Å². The third-order valence-electron chi connectivity index (χ3n) is 3.00. The molecule has 0 radical (unpaired) electrons. The van der Waals surface area contributed by atoms with Crippen LogP contribution < -0.4 is 5.32 Å². The normalized spacial score (nSPS) is 11.1. The third kappa shape index (κ3) is 3.96. The second kappa shape index (κ2) is 6.91. The molecule has 0 unspecified atom stereocenters. The lowest BCUT2D eigenvalue weighted by Gasteiger charge is -2.08. The molecule has 0 aliphatic heterocycles. The summed E-state index contributed by atoms with van der Waals surface area (Å²) >= 11 is 5.98. The van der Waals surface area contributed by atoms with E-state index in [1.54, 1.807) is 13.0 Å². The van der Waals surface area contributed by atoms with Gasteiger partial charge in [0, 0.05) is 5.57 Å². The summed E-state index contributed by atoms with van der Waals surface area (Å²) in [6, 6.07) is 13.6. The fourth-order valence-electron chi connectivity index (χ4n) is 1.84. The standard InChI is InChI=1S/C17H14ClNO3/c1-11(9-12-5-3-2-4-6-12)16(20)19-15-10-13(17(21)22)7-8-14(15)18/h2-10H,1H3,(H,19,20)(H,21,22)/b11-9+. The van der Waals surface area contributed by atoms with Crippen molar-refractivity contribution in [2.75, 3.05) is 5.32 Å². The second-order valence-electron chi connectivity index (χ2n) is 4.69. The molecule has 2 aromatic rings. The van der Waals surface area contributed by atoms with Crippen molar-refractivity contribution in [1.29, 1.82) is 0 Å². The number of carbonyl (C=O) groups excluding carboxylic acids is 1. The van der Waals surface area contributed by atoms with Crippen LogP contribution in [0.1, 0.15) is 22.8 Å². The van der Waals surface area contributed by atoms with Gasteiger partial charge >= 0.3 is 5.97 Å². The minimum atomic E-state index is -1.08. The van der Waals surface area contributed by atoms with Crippen LogP contribution in [0.5, 0.6) is 0 Å². The molecule has 0 aliphatic rings. The van der Waals surface area contributed by atoms with Crippen LogP contribution in [0.25, 0.3) is 6.08 Å². The van der Waals surface area contributed by atoms with E-state index in [4.69, 9.17) is 16.7 Å². The van der Waals surface area contributed by atoms with Crippen LogP contribution in [0.4, 0.5) is 5.69 Å². The zero-order chi connectivity index (χ0) is 16.1. The van der Waals surface area contributed by atoms with Gasteiger partial charge in [0.15, 0.2) is 0 Å². The molecule has 0 bridgehead atoms. The Kier molecular flexibility index (Phi) is 4.96. The maximum Gasteiger partial charge on any atom is 0.335 e. The lowest BCUT2D eigenvalue weighted by atomic mass is 10.1. The Morgan fingerprint density at radius 2 is 1.82 bits per heavy atom. The summed E-state index contributed by atoms with van der Waals surface area (Å²) in [6.45, 7) is 1.68. The Hall–Kier alpha value is -2.59. The molecule has 0 aliphatic carbocycles. The van der Waals surface area contributed by atoms with Crippen molar-refractivity contribution in [2.45, 2.75) is 6.92 Å². The van der Waals surface area contributed by atoms with Crippen LogP contribution in [0.3, 0.4) is 0 Å². The molecule has 0 heterocycles. The second-order valence-corrected chi connectivity index (χ2v) is 5.10. The van der Waals surface area contributed by atoms with Gasteiger partial charge in [-0.15, -0.1) is 0 Å². The summed E-state index contributed by atoms with van der Waals surface area (Å²) in [5.74, 6) is -1.42. The van der Waals surface area contributed by atoms with Crippen molar-refractivity contribution in [1.82, 2.24) is 0 Å². The summed E-state index contributed by atoms with van der Waals surface area (Å²) in [5.41, 5.74) is 1.72. The molecular formula is C17H14ClNO3. The van der Waals surface area contributed by atoms with Crippen molar-refractivity contribution in [2.24, 2.45) is 0 Å². The SMILES string of the molecule is C/C(=C\c1ccccc1)C(=O)Nc1cc(C(=O)O)ccc1Cl. The Balaban J connectivity index is 2.20. The first-order chi connectivity index (χ1) is 10.5. The highest BCUT2D eigenvalue weighted by Crippen LogP contribution is 2.23. The summed E-state index contributed by atoms with van der Waals surface area (Å²) in [6.07, 6.45) is 1.74. The molecule has 0 saturated carbocycles. The molecule has 2 N–H and O–H groups in total. The molecule has 0 spiro atoms. The quantitative estimate of drug-likeness (QED) is 0.835. The van der Waals surface area contributed by atoms with Crippen molar-refractivity contribution < 1.29 is 14.7 Å². The fourth-order valence-corrected chi connectivity index (χ4v) is 2.00. The van der Waals surface area contributed by atoms with E-state index >= 15 is 0 Å². The van der Waals surface area contributed by atoms with Gasteiger partial charge < -0.3 is 10.4 Å². The van der Waals surface area contributed by atoms with E-state index in [0.717, 1.165) is 5.56 Å². The monoisotopic (exact) mass is 315 g/mol. The van der Waals surface area contributed by atoms with Gasteiger partial charge in [0.05, 0.1) is 16.3 Å². The molecular weight excluding hydrogens is 302 g/mol. The van der Waals surface area contributed by atoms with E-state index in [1.807, 2.05) is 30.3 Å². The number of carbonyl (C=O) groups is 2. The number of hydrogen-bond donors (Lipinski definition) is 2. The van der Waals surface area contributed by atoms with Crippen LogP contribution in [0.2, 0.25) is 5.02 Å². The van der Waals surface area contributed by atoms with Gasteiger partial charge in [-0.05, 0) is 36.8 Å². The van der Waals surface area contributed by atoms with Gasteiger partial charge in [-0.2, -0.15) is 0 Å². The molecule has 5 heteroatoms. The summed E-state index contributed by atoms with van der Waals surface area (Å²) < 4.78 is 0. The number of carboxylic acids is 1. The van der Waals surface area contributed by atoms with Gasteiger partial charge in [0.25, 0.3) is 5.91 Å². The molecule has 1 amide bonds. The van der Waals surface area contributed by atoms with Gasteiger partial charge in [-0.3, -0.25) is 4.79 Å². The first kappa shape index (κ1) is 15.8. The molecule has 0 atom stereocenters. The highest BCUT2D eigenvalue weighted by molar-refractivity contribution is 6.34. The molecule has 0 fully saturated rings. The maximum atomic E-state index is 12.2. The van der Waals surface area contributed by atoms with Gasteiger partial charge in [-0.1, -0.05) is 41.9 Å². The van der Waals surface area contributed by atoms with Crippen molar-refractivity contribution in [3.8, 4) is 0 Å². The Labute approximate surface area is 133 Å². The van der Waals surface area contributed by atoms with E-state index in [9.17, 15) is 9.59 Å². The van der Waals surface area contributed by atoms with Crippen molar-refractivity contribution >= 4 is 35.2 Å². The highest BCUT2D eigenvalue weighted by Gasteiger charge is 2.11. The Morgan fingerprint density at radius 3 is 2.45 bits per heavy atom. The van der Waals surface area contributed by atoms with E-state index in [-0.39, 0.29) is 22.2 Å². The predicted octanol–water partition coefficient (Wildman–Crippen LogP) is 4.08. The lowest BCUT2D eigenvalue weighted by molar-refractivity contribution is -0.112. The summed E-state index contributed by atoms with van der Waals surface area (Å²) in [5, 5.41) is 11.9. The average Bonchev–Trinajstić information content (AvgIpc) is 2.50. The fraction of sp³-hybridized carbons (Fsp3) is 0.0588. The zero-order valence-electron chi connectivity index (χ0n) is 11.8. The number of aromatic carboxylic acids is 1. The van der Waals surface area contributed by atoms with Gasteiger partial charge in [0.2, 0.25) is 0 Å². The number of benzene rings is 2. The number of carboxylic acid groups (broad SMARTS) is 1. The number of nitrogens with one attached hydrogen (secondary N) is 1. The third-order valence-corrected chi connectivity index (χ3v) is 3.33. The lowest BCUT2D eigenvalue weighted by Crippen LogP contribution is -2.13. The number of anilines is 1. The van der Waals surface area contributed by atoms with E-state index < -0.39 is 5.97 Å². The van der Waals surface area contributed by atoms with Crippen molar-refractivity contribution in [3.63, 3.8) is 0 Å². The summed E-state index contributed by atoms with van der Waals surface area (Å²) in [7, 11) is 0. The molecule has 0 saturated heterocycles. The Bertz CT molecular complexity index is 739. The molecule has 22 heavy (non-hydrogen) atoms. The van der Waals surface area contributed by atoms with Crippen LogP contribution in [0, 0.1) is 0 Å². The minimum Gasteiger partial charge on any atom is -0.478 e. The number of hydrogen-bond acceptors (Lipinski definition) is 2. The summed E-state index contributed by atoms with van der Waals surface area (Å²) in [4.78, 5) is 23.1. The van der Waals surface area contributed by atoms with Crippen LogP contribution in [-0.2, 0) is 4.79 Å². The smallest absolute Gasteiger partial charge is 0.335 e. The predicted molar refractivity (Wildman–Crippen MR) is 87.1 cm³/mol. The molecule has 112 valence electrons. The maximum absolute atomic E-state index is 12.2. The van der Waals surface area contributed by atoms with E-state index in [2.05, 4.69) is 5.32 Å². The van der Waals surface area contributed by atoms with Crippen molar-refractivity contribution in [3.05, 3.63) is 70.3 Å². The molecule has 0 aromatic heterocycles. The minimum absolute atomic E-state index is 0.0596. The van der Waals surface area contributed by atoms with Crippen LogP contribution in [0.15, 0.2) is 54.1 Å². The van der Waals surface area contributed by atoms with E-state index in [1.165, 1.54) is 18.2 Å². The Morgan fingerprint density at radius 1 is 1.14 bits per heavy atom. The highest BCUT2D eigenvalue weighted by atomic mass is 35.5. The molecule has 4 nitrogen and oxygen atoms in total. The van der Waals surface area contributed by atoms with Gasteiger partial charge in [0.1, 0.15) is 0 Å². The number of amides is 1. The van der Waals surface area contributed by atoms with E-state index in [0.29, 0.717) is 5.57 Å².